The molecule has 0 radical (unpaired) electrons. The van der Waals surface area contributed by atoms with Crippen LogP contribution in [0.25, 0.3) is 55.3 Å². The van der Waals surface area contributed by atoms with Crippen molar-refractivity contribution in [1.29, 1.82) is 0 Å². The molecule has 0 bridgehead atoms. The molecule has 0 atom stereocenters. The second-order valence-electron chi connectivity index (χ2n) is 23.5. The molecular formula is C65H67NO. The Kier molecular flexibility index (Phi) is 9.72. The average molecular weight is 878 g/mol. The van der Waals surface area contributed by atoms with Gasteiger partial charge in [-0.2, -0.15) is 0 Å². The topological polar surface area (TPSA) is 16.4 Å². The highest BCUT2D eigenvalue weighted by molar-refractivity contribution is 6.12. The second kappa shape index (κ2) is 15.3. The number of hydrogen-bond acceptors (Lipinski definition) is 2. The molecule has 2 fully saturated rings. The zero-order chi connectivity index (χ0) is 46.0. The molecule has 2 nitrogen and oxygen atoms in total. The fourth-order valence-corrected chi connectivity index (χ4v) is 13.2. The third kappa shape index (κ3) is 6.70. The lowest BCUT2D eigenvalue weighted by molar-refractivity contribution is 0.353. The first-order valence-electron chi connectivity index (χ1n) is 25.7. The Morgan fingerprint density at radius 2 is 1.04 bits per heavy atom. The third-order valence-corrected chi connectivity index (χ3v) is 16.9. The molecule has 12 rings (SSSR count). The maximum absolute atomic E-state index is 7.53. The molecule has 0 saturated heterocycles. The Morgan fingerprint density at radius 3 is 1.72 bits per heavy atom. The fourth-order valence-electron chi connectivity index (χ4n) is 13.2. The lowest BCUT2D eigenvalue weighted by atomic mass is 9.68. The van der Waals surface area contributed by atoms with Crippen LogP contribution in [0.3, 0.4) is 0 Å². The van der Waals surface area contributed by atoms with Crippen molar-refractivity contribution in [1.82, 2.24) is 0 Å². The number of fused-ring (bicyclic) bond motifs is 11. The van der Waals surface area contributed by atoms with E-state index in [-0.39, 0.29) is 21.7 Å². The van der Waals surface area contributed by atoms with Crippen LogP contribution in [0.2, 0.25) is 0 Å². The van der Waals surface area contributed by atoms with Gasteiger partial charge in [0.2, 0.25) is 0 Å². The number of anilines is 3. The van der Waals surface area contributed by atoms with Crippen molar-refractivity contribution in [3.63, 3.8) is 0 Å². The van der Waals surface area contributed by atoms with E-state index in [0.717, 1.165) is 16.9 Å². The van der Waals surface area contributed by atoms with Crippen LogP contribution in [0.4, 0.5) is 17.1 Å². The molecule has 4 aliphatic rings. The molecule has 7 aromatic carbocycles. The number of para-hydroxylation sites is 1. The number of furan rings is 1. The van der Waals surface area contributed by atoms with Gasteiger partial charge in [-0.05, 0) is 157 Å². The first kappa shape index (κ1) is 42.5. The van der Waals surface area contributed by atoms with Gasteiger partial charge in [-0.15, -0.1) is 0 Å². The van der Waals surface area contributed by atoms with Gasteiger partial charge in [0.05, 0.1) is 5.69 Å². The summed E-state index contributed by atoms with van der Waals surface area (Å²) < 4.78 is 7.53. The third-order valence-electron chi connectivity index (χ3n) is 16.9. The molecule has 1 heterocycles. The first-order chi connectivity index (χ1) is 32.2. The van der Waals surface area contributed by atoms with E-state index in [0.29, 0.717) is 5.92 Å². The smallest absolute Gasteiger partial charge is 0.159 e. The van der Waals surface area contributed by atoms with Crippen molar-refractivity contribution in [2.24, 2.45) is 0 Å². The van der Waals surface area contributed by atoms with E-state index < -0.39 is 0 Å². The Hall–Kier alpha value is -5.86. The maximum Gasteiger partial charge on any atom is 0.159 e. The fraction of sp³-hybridized carbons (Fsp3) is 0.354. The number of nitrogens with zero attached hydrogens (tertiary/aromatic N) is 1. The molecule has 2 saturated carbocycles. The van der Waals surface area contributed by atoms with Gasteiger partial charge in [-0.25, -0.2) is 0 Å². The van der Waals surface area contributed by atoms with Gasteiger partial charge in [0.15, 0.2) is 5.58 Å². The van der Waals surface area contributed by atoms with Crippen molar-refractivity contribution in [2.75, 3.05) is 4.90 Å². The van der Waals surface area contributed by atoms with Crippen LogP contribution in [0.1, 0.15) is 164 Å². The molecule has 1 spiro atoms. The summed E-state index contributed by atoms with van der Waals surface area (Å²) in [6.07, 6.45) is 12.5. The van der Waals surface area contributed by atoms with E-state index in [1.54, 1.807) is 0 Å². The zero-order valence-electron chi connectivity index (χ0n) is 41.2. The molecule has 0 N–H and O–H groups in total. The summed E-state index contributed by atoms with van der Waals surface area (Å²) in [7, 11) is 0. The minimum absolute atomic E-state index is 0.0273. The van der Waals surface area contributed by atoms with E-state index in [1.165, 1.54) is 159 Å². The van der Waals surface area contributed by atoms with E-state index in [2.05, 4.69) is 194 Å². The monoisotopic (exact) mass is 878 g/mol. The quantitative estimate of drug-likeness (QED) is 0.171. The molecular weight excluding hydrogens is 811 g/mol. The van der Waals surface area contributed by atoms with E-state index in [4.69, 9.17) is 4.42 Å². The Labute approximate surface area is 399 Å². The molecule has 1 aromatic heterocycles. The number of hydrogen-bond donors (Lipinski definition) is 0. The summed E-state index contributed by atoms with van der Waals surface area (Å²) in [5.74, 6) is 0.467. The summed E-state index contributed by atoms with van der Waals surface area (Å²) in [5, 5.41) is 2.41. The molecule has 338 valence electrons. The predicted molar refractivity (Wildman–Crippen MR) is 284 cm³/mol. The van der Waals surface area contributed by atoms with Crippen molar-refractivity contribution in [3.05, 3.63) is 172 Å². The number of rotatable bonds is 5. The van der Waals surface area contributed by atoms with Crippen LogP contribution in [0.15, 0.2) is 138 Å². The van der Waals surface area contributed by atoms with Crippen molar-refractivity contribution >= 4 is 39.0 Å². The highest BCUT2D eigenvalue weighted by Gasteiger charge is 2.44. The van der Waals surface area contributed by atoms with Crippen LogP contribution < -0.4 is 4.90 Å². The molecule has 0 unspecified atom stereocenters. The summed E-state index contributed by atoms with van der Waals surface area (Å²) in [5.41, 5.74) is 23.5. The van der Waals surface area contributed by atoms with Gasteiger partial charge in [0, 0.05) is 33.0 Å². The van der Waals surface area contributed by atoms with E-state index in [1.807, 2.05) is 0 Å². The minimum Gasteiger partial charge on any atom is -0.454 e. The highest BCUT2D eigenvalue weighted by Crippen LogP contribution is 2.58. The van der Waals surface area contributed by atoms with Crippen molar-refractivity contribution in [3.8, 4) is 33.4 Å². The Morgan fingerprint density at radius 1 is 0.478 bits per heavy atom. The van der Waals surface area contributed by atoms with Gasteiger partial charge in [0.25, 0.3) is 0 Å². The summed E-state index contributed by atoms with van der Waals surface area (Å²) >= 11 is 0. The molecule has 8 aromatic rings. The molecule has 4 aliphatic carbocycles. The highest BCUT2D eigenvalue weighted by atomic mass is 16.3. The second-order valence-corrected chi connectivity index (χ2v) is 23.5. The average Bonchev–Trinajstić information content (AvgIpc) is 3.92. The van der Waals surface area contributed by atoms with Gasteiger partial charge in [0.1, 0.15) is 5.58 Å². The van der Waals surface area contributed by atoms with Crippen LogP contribution >= 0.6 is 0 Å². The van der Waals surface area contributed by atoms with Crippen LogP contribution in [-0.4, -0.2) is 0 Å². The van der Waals surface area contributed by atoms with E-state index in [9.17, 15) is 0 Å². The predicted octanol–water partition coefficient (Wildman–Crippen LogP) is 18.9. The normalized spacial score (nSPS) is 17.4. The largest absolute Gasteiger partial charge is 0.454 e. The molecule has 67 heavy (non-hydrogen) atoms. The van der Waals surface area contributed by atoms with Crippen molar-refractivity contribution < 1.29 is 4.42 Å². The van der Waals surface area contributed by atoms with Crippen LogP contribution in [-0.2, 0) is 21.7 Å². The van der Waals surface area contributed by atoms with Crippen molar-refractivity contribution in [2.45, 2.75) is 147 Å². The summed E-state index contributed by atoms with van der Waals surface area (Å²) in [6.45, 7) is 18.9. The molecule has 0 aliphatic heterocycles. The van der Waals surface area contributed by atoms with Gasteiger partial charge in [-0.3, -0.25) is 0 Å². The lowest BCUT2D eigenvalue weighted by Gasteiger charge is -2.36. The number of benzene rings is 7. The van der Waals surface area contributed by atoms with E-state index >= 15 is 0 Å². The standard InChI is InChI=1S/C65H67NO/c1-62(2,3)44-34-42(35-45(38-44)63(4,5)6)43-36-53(41-20-11-9-12-21-41)60-54(37-43)52-24-19-27-59(61(52)67-60)66(46-28-30-50-48-22-13-15-25-55(48)64(7,8)57(50)39-46)47-29-31-51-49-23-14-16-26-56(49)65(58(51)40-47)32-17-10-18-33-65/h13-16,19,22-31,34-41H,9-12,17-18,20-21,32-33H2,1-8H3. The van der Waals surface area contributed by atoms with Gasteiger partial charge < -0.3 is 9.32 Å². The van der Waals surface area contributed by atoms with Crippen LogP contribution in [0, 0.1) is 0 Å². The van der Waals surface area contributed by atoms with Gasteiger partial charge in [-0.1, -0.05) is 185 Å². The minimum atomic E-state index is -0.132. The SMILES string of the molecule is CC(C)(C)c1cc(-c2cc(C3CCCCC3)c3oc4c(N(c5ccc6c(c5)C(C)(C)c5ccccc5-6)c5ccc6c(c5)C5(CCCCC5)c5ccccc5-6)cccc4c3c2)cc(C(C)(C)C)c1. The zero-order valence-corrected chi connectivity index (χ0v) is 41.2. The Bertz CT molecular complexity index is 3220. The lowest BCUT2D eigenvalue weighted by Crippen LogP contribution is -2.28. The summed E-state index contributed by atoms with van der Waals surface area (Å²) in [6, 6.07) is 52.3. The summed E-state index contributed by atoms with van der Waals surface area (Å²) in [4.78, 5) is 2.55. The first-order valence-corrected chi connectivity index (χ1v) is 25.7. The Balaban J connectivity index is 1.10. The molecule has 2 heteroatoms. The molecule has 0 amide bonds. The van der Waals surface area contributed by atoms with Crippen LogP contribution in [0.5, 0.6) is 0 Å². The maximum atomic E-state index is 7.53. The van der Waals surface area contributed by atoms with Gasteiger partial charge >= 0.3 is 0 Å².